The molecule has 9 heteroatoms. The number of H-pyrrole nitrogens is 1. The number of aromatic amines is 1. The number of nitrogens with zero attached hydrogens (tertiary/aromatic N) is 2. The Morgan fingerprint density at radius 1 is 1.42 bits per heavy atom. The largest absolute Gasteiger partial charge is 0.444 e. The lowest BCUT2D eigenvalue weighted by molar-refractivity contribution is -0.0172. The van der Waals surface area contributed by atoms with Gasteiger partial charge in [0.05, 0.1) is 18.7 Å². The first-order valence-corrected chi connectivity index (χ1v) is 9.49. The van der Waals surface area contributed by atoms with Gasteiger partial charge < -0.3 is 24.7 Å². The van der Waals surface area contributed by atoms with Crippen LogP contribution in [0.4, 0.5) is 4.79 Å². The second-order valence-electron chi connectivity index (χ2n) is 7.28. The zero-order valence-electron chi connectivity index (χ0n) is 15.9. The van der Waals surface area contributed by atoms with E-state index in [0.29, 0.717) is 24.1 Å². The molecule has 0 saturated carbocycles. The molecule has 2 amide bonds. The highest BCUT2D eigenvalue weighted by Gasteiger charge is 2.35. The van der Waals surface area contributed by atoms with Gasteiger partial charge in [-0.15, -0.1) is 0 Å². The van der Waals surface area contributed by atoms with Gasteiger partial charge in [-0.05, 0) is 49.5 Å². The fourth-order valence-electron chi connectivity index (χ4n) is 2.78. The van der Waals surface area contributed by atoms with Crippen molar-refractivity contribution in [3.8, 4) is 0 Å². The number of halogens is 1. The van der Waals surface area contributed by atoms with Gasteiger partial charge in [-0.25, -0.2) is 9.78 Å². The van der Waals surface area contributed by atoms with Crippen LogP contribution < -0.4 is 5.32 Å². The molecular formula is C17H27BrN4O4. The van der Waals surface area contributed by atoms with Crippen LogP contribution in [-0.2, 0) is 15.9 Å². The number of amides is 2. The number of ether oxygens (including phenoxy) is 2. The molecule has 146 valence electrons. The van der Waals surface area contributed by atoms with Crippen LogP contribution in [0, 0.1) is 0 Å². The van der Waals surface area contributed by atoms with Crippen LogP contribution in [0.25, 0.3) is 0 Å². The number of rotatable bonds is 4. The number of aromatic nitrogens is 2. The van der Waals surface area contributed by atoms with E-state index in [4.69, 9.17) is 9.47 Å². The van der Waals surface area contributed by atoms with E-state index in [1.165, 1.54) is 0 Å². The summed E-state index contributed by atoms with van der Waals surface area (Å²) in [5.41, 5.74) is 0.326. The van der Waals surface area contributed by atoms with E-state index in [1.807, 2.05) is 27.7 Å². The number of hydrogen-bond donors (Lipinski definition) is 2. The third-order valence-corrected chi connectivity index (χ3v) is 4.78. The second-order valence-corrected chi connectivity index (χ2v) is 8.03. The molecule has 0 aliphatic carbocycles. The van der Waals surface area contributed by atoms with Gasteiger partial charge >= 0.3 is 6.09 Å². The SMILES string of the molecule is CCc1[nH]c(C(=O)N[C@@H]2CCN(C(=O)OC(C)(C)C)C[C@@H]2OC)nc1Br. The molecule has 0 spiro atoms. The molecule has 1 saturated heterocycles. The maximum absolute atomic E-state index is 12.5. The molecule has 26 heavy (non-hydrogen) atoms. The first-order chi connectivity index (χ1) is 12.1. The lowest BCUT2D eigenvalue weighted by Gasteiger charge is -2.38. The quantitative estimate of drug-likeness (QED) is 0.764. The summed E-state index contributed by atoms with van der Waals surface area (Å²) >= 11 is 3.34. The van der Waals surface area contributed by atoms with E-state index in [2.05, 4.69) is 31.2 Å². The number of hydrogen-bond acceptors (Lipinski definition) is 5. The van der Waals surface area contributed by atoms with Gasteiger partial charge in [0, 0.05) is 19.3 Å². The molecule has 0 aromatic carbocycles. The van der Waals surface area contributed by atoms with Crippen LogP contribution in [-0.4, -0.2) is 64.8 Å². The second kappa shape index (κ2) is 8.39. The standard InChI is InChI=1S/C17H27BrN4O4/c1-6-10-13(18)21-14(19-10)15(23)20-11-7-8-22(9-12(11)25-5)16(24)26-17(2,3)4/h11-12H,6-9H2,1-5H3,(H,19,21)(H,20,23)/t11-,12+/m1/s1. The predicted octanol–water partition coefficient (Wildman–Crippen LogP) is 2.49. The summed E-state index contributed by atoms with van der Waals surface area (Å²) in [5.74, 6) is -0.0266. The fraction of sp³-hybridized carbons (Fsp3) is 0.706. The van der Waals surface area contributed by atoms with Crippen LogP contribution in [0.2, 0.25) is 0 Å². The van der Waals surface area contributed by atoms with Gasteiger partial charge in [-0.2, -0.15) is 0 Å². The zero-order chi connectivity index (χ0) is 19.5. The fourth-order valence-corrected chi connectivity index (χ4v) is 3.34. The summed E-state index contributed by atoms with van der Waals surface area (Å²) < 4.78 is 11.6. The van der Waals surface area contributed by atoms with Crippen LogP contribution in [0.5, 0.6) is 0 Å². The molecule has 0 radical (unpaired) electrons. The molecule has 8 nitrogen and oxygen atoms in total. The molecule has 1 aliphatic rings. The van der Waals surface area contributed by atoms with E-state index in [-0.39, 0.29) is 30.0 Å². The number of aryl methyl sites for hydroxylation is 1. The van der Waals surface area contributed by atoms with Crippen molar-refractivity contribution in [1.82, 2.24) is 20.2 Å². The van der Waals surface area contributed by atoms with E-state index in [0.717, 1.165) is 12.1 Å². The zero-order valence-corrected chi connectivity index (χ0v) is 17.5. The molecule has 2 N–H and O–H groups in total. The number of piperidine rings is 1. The van der Waals surface area contributed by atoms with Crippen molar-refractivity contribution < 1.29 is 19.1 Å². The van der Waals surface area contributed by atoms with E-state index >= 15 is 0 Å². The number of imidazole rings is 1. The average Bonchev–Trinajstić information content (AvgIpc) is 2.94. The van der Waals surface area contributed by atoms with Crippen LogP contribution in [0.1, 0.15) is 50.4 Å². The van der Waals surface area contributed by atoms with E-state index in [9.17, 15) is 9.59 Å². The van der Waals surface area contributed by atoms with Gasteiger partial charge in [0.15, 0.2) is 5.82 Å². The van der Waals surface area contributed by atoms with Crippen molar-refractivity contribution in [1.29, 1.82) is 0 Å². The number of carbonyl (C=O) groups excluding carboxylic acids is 2. The van der Waals surface area contributed by atoms with Crippen molar-refractivity contribution in [2.75, 3.05) is 20.2 Å². The van der Waals surface area contributed by atoms with Gasteiger partial charge in [0.2, 0.25) is 0 Å². The van der Waals surface area contributed by atoms with Crippen molar-refractivity contribution in [2.45, 2.75) is 58.3 Å². The molecule has 2 atom stereocenters. The molecule has 1 aliphatic heterocycles. The van der Waals surface area contributed by atoms with Crippen molar-refractivity contribution >= 4 is 27.9 Å². The van der Waals surface area contributed by atoms with Crippen LogP contribution in [0.15, 0.2) is 4.60 Å². The lowest BCUT2D eigenvalue weighted by atomic mass is 10.0. The Morgan fingerprint density at radius 2 is 2.12 bits per heavy atom. The summed E-state index contributed by atoms with van der Waals surface area (Å²) in [4.78, 5) is 33.5. The minimum absolute atomic E-state index is 0.208. The van der Waals surface area contributed by atoms with Crippen molar-refractivity contribution in [3.63, 3.8) is 0 Å². The predicted molar refractivity (Wildman–Crippen MR) is 100 cm³/mol. The summed E-state index contributed by atoms with van der Waals surface area (Å²) in [6.07, 6.45) is 0.637. The van der Waals surface area contributed by atoms with Crippen LogP contribution in [0.3, 0.4) is 0 Å². The molecule has 0 unspecified atom stereocenters. The Balaban J connectivity index is 1.98. The Hall–Kier alpha value is -1.61. The van der Waals surface area contributed by atoms with E-state index in [1.54, 1.807) is 12.0 Å². The maximum atomic E-state index is 12.5. The minimum atomic E-state index is -0.547. The molecule has 2 heterocycles. The summed E-state index contributed by atoms with van der Waals surface area (Å²) in [6.45, 7) is 8.32. The normalized spacial score (nSPS) is 20.8. The molecule has 1 aromatic heterocycles. The summed E-state index contributed by atoms with van der Waals surface area (Å²) in [6, 6.07) is -0.208. The van der Waals surface area contributed by atoms with Crippen molar-refractivity contribution in [2.24, 2.45) is 0 Å². The Bertz CT molecular complexity index is 656. The number of likely N-dealkylation sites (tertiary alicyclic amines) is 1. The molecule has 1 aromatic rings. The highest BCUT2D eigenvalue weighted by atomic mass is 79.9. The van der Waals surface area contributed by atoms with Crippen LogP contribution >= 0.6 is 15.9 Å². The van der Waals surface area contributed by atoms with Gasteiger partial charge in [-0.1, -0.05) is 6.92 Å². The molecule has 0 bridgehead atoms. The Kier molecular flexibility index (Phi) is 6.68. The molecule has 1 fully saturated rings. The third-order valence-electron chi connectivity index (χ3n) is 4.13. The Morgan fingerprint density at radius 3 is 2.65 bits per heavy atom. The van der Waals surface area contributed by atoms with Crippen molar-refractivity contribution in [3.05, 3.63) is 16.1 Å². The average molecular weight is 431 g/mol. The van der Waals surface area contributed by atoms with E-state index < -0.39 is 5.60 Å². The monoisotopic (exact) mass is 430 g/mol. The maximum Gasteiger partial charge on any atom is 0.410 e. The number of nitrogens with one attached hydrogen (secondary N) is 2. The summed E-state index contributed by atoms with van der Waals surface area (Å²) in [7, 11) is 1.57. The highest BCUT2D eigenvalue weighted by Crippen LogP contribution is 2.19. The third kappa shape index (κ3) is 5.20. The number of carbonyl (C=O) groups is 2. The number of methoxy groups -OCH3 is 1. The summed E-state index contributed by atoms with van der Waals surface area (Å²) in [5, 5.41) is 2.95. The molecule has 2 rings (SSSR count). The first-order valence-electron chi connectivity index (χ1n) is 8.70. The van der Waals surface area contributed by atoms with Gasteiger partial charge in [0.25, 0.3) is 5.91 Å². The topological polar surface area (TPSA) is 96.6 Å². The smallest absolute Gasteiger partial charge is 0.410 e. The minimum Gasteiger partial charge on any atom is -0.444 e. The van der Waals surface area contributed by atoms with Gasteiger partial charge in [0.1, 0.15) is 10.2 Å². The lowest BCUT2D eigenvalue weighted by Crippen LogP contribution is -2.56. The van der Waals surface area contributed by atoms with Gasteiger partial charge in [-0.3, -0.25) is 4.79 Å². The first kappa shape index (κ1) is 20.7. The molecular weight excluding hydrogens is 404 g/mol. The Labute approximate surface area is 162 Å². The highest BCUT2D eigenvalue weighted by molar-refractivity contribution is 9.10.